The van der Waals surface area contributed by atoms with Gasteiger partial charge in [-0.15, -0.1) is 0 Å². The number of hydrogen-bond donors (Lipinski definition) is 1. The Kier molecular flexibility index (Phi) is 4.94. The zero-order chi connectivity index (χ0) is 14.5. The predicted molar refractivity (Wildman–Crippen MR) is 84.2 cm³/mol. The summed E-state index contributed by atoms with van der Waals surface area (Å²) in [4.78, 5) is 12.0. The molecule has 20 heavy (non-hydrogen) atoms. The maximum absolute atomic E-state index is 12.0. The van der Waals surface area contributed by atoms with Crippen molar-refractivity contribution in [1.29, 1.82) is 5.26 Å². The van der Waals surface area contributed by atoms with E-state index in [0.717, 1.165) is 14.5 Å². The Morgan fingerprint density at radius 1 is 1.10 bits per heavy atom. The van der Waals surface area contributed by atoms with Gasteiger partial charge in [-0.1, -0.05) is 44.0 Å². The number of nitriles is 1. The van der Waals surface area contributed by atoms with Gasteiger partial charge in [0.25, 0.3) is 5.91 Å². The minimum Gasteiger partial charge on any atom is -0.348 e. The van der Waals surface area contributed by atoms with E-state index in [1.165, 1.54) is 0 Å². The monoisotopic (exact) mass is 392 g/mol. The van der Waals surface area contributed by atoms with E-state index < -0.39 is 0 Å². The lowest BCUT2D eigenvalue weighted by atomic mass is 10.1. The van der Waals surface area contributed by atoms with E-state index in [9.17, 15) is 4.79 Å². The average molecular weight is 394 g/mol. The number of halogens is 2. The largest absolute Gasteiger partial charge is 0.348 e. The Morgan fingerprint density at radius 3 is 2.25 bits per heavy atom. The van der Waals surface area contributed by atoms with Gasteiger partial charge < -0.3 is 5.32 Å². The number of amides is 1. The van der Waals surface area contributed by atoms with Crippen molar-refractivity contribution in [3.8, 4) is 6.07 Å². The van der Waals surface area contributed by atoms with Gasteiger partial charge in [-0.3, -0.25) is 4.79 Å². The van der Waals surface area contributed by atoms with Gasteiger partial charge in [-0.2, -0.15) is 5.26 Å². The zero-order valence-corrected chi connectivity index (χ0v) is 13.5. The third-order valence-electron chi connectivity index (χ3n) is 2.66. The summed E-state index contributed by atoms with van der Waals surface area (Å²) in [6.45, 7) is 0.425. The number of nitrogens with one attached hydrogen (secondary N) is 1. The van der Waals surface area contributed by atoms with E-state index in [-0.39, 0.29) is 5.91 Å². The molecule has 100 valence electrons. The fourth-order valence-corrected chi connectivity index (χ4v) is 2.96. The van der Waals surface area contributed by atoms with E-state index in [1.54, 1.807) is 24.3 Å². The minimum absolute atomic E-state index is 0.142. The molecule has 0 aliphatic heterocycles. The summed E-state index contributed by atoms with van der Waals surface area (Å²) in [6.07, 6.45) is 0. The predicted octanol–water partition coefficient (Wildman–Crippen LogP) is 4.01. The van der Waals surface area contributed by atoms with Crippen LogP contribution in [0.2, 0.25) is 0 Å². The summed E-state index contributed by atoms with van der Waals surface area (Å²) >= 11 is 6.71. The van der Waals surface area contributed by atoms with Gasteiger partial charge in [0.2, 0.25) is 0 Å². The Bertz CT molecular complexity index is 655. The molecule has 0 spiro atoms. The van der Waals surface area contributed by atoms with Crippen LogP contribution in [0.3, 0.4) is 0 Å². The lowest BCUT2D eigenvalue weighted by Crippen LogP contribution is -2.22. The highest BCUT2D eigenvalue weighted by atomic mass is 79.9. The molecule has 0 saturated carbocycles. The van der Waals surface area contributed by atoms with E-state index in [1.807, 2.05) is 18.2 Å². The second kappa shape index (κ2) is 6.69. The van der Waals surface area contributed by atoms with Crippen molar-refractivity contribution in [2.24, 2.45) is 0 Å². The van der Waals surface area contributed by atoms with Crippen LogP contribution in [0.25, 0.3) is 0 Å². The van der Waals surface area contributed by atoms with Crippen LogP contribution in [0.5, 0.6) is 0 Å². The fourth-order valence-electron chi connectivity index (χ4n) is 1.67. The molecule has 0 aliphatic rings. The first-order chi connectivity index (χ1) is 9.58. The maximum atomic E-state index is 12.0. The SMILES string of the molecule is N#Cc1ccc(CNC(=O)c2cc(Br)cc(Br)c2)cc1. The maximum Gasteiger partial charge on any atom is 0.251 e. The molecule has 0 radical (unpaired) electrons. The van der Waals surface area contributed by atoms with Gasteiger partial charge in [0, 0.05) is 21.1 Å². The summed E-state index contributed by atoms with van der Waals surface area (Å²) in [5.41, 5.74) is 2.14. The lowest BCUT2D eigenvalue weighted by Gasteiger charge is -2.06. The van der Waals surface area contributed by atoms with Crippen LogP contribution in [0.4, 0.5) is 0 Å². The standard InChI is InChI=1S/C15H10Br2N2O/c16-13-5-12(6-14(17)7-13)15(20)19-9-11-3-1-10(8-18)2-4-11/h1-7H,9H2,(H,19,20). The second-order valence-corrected chi connectivity index (χ2v) is 5.98. The second-order valence-electron chi connectivity index (χ2n) is 4.15. The lowest BCUT2D eigenvalue weighted by molar-refractivity contribution is 0.0951. The summed E-state index contributed by atoms with van der Waals surface area (Å²) in [6, 6.07) is 14.6. The van der Waals surface area contributed by atoms with Crippen molar-refractivity contribution >= 4 is 37.8 Å². The molecule has 0 unspecified atom stereocenters. The highest BCUT2D eigenvalue weighted by Crippen LogP contribution is 2.20. The normalized spacial score (nSPS) is 9.85. The van der Waals surface area contributed by atoms with E-state index in [4.69, 9.17) is 5.26 Å². The van der Waals surface area contributed by atoms with E-state index in [0.29, 0.717) is 17.7 Å². The molecule has 3 nitrogen and oxygen atoms in total. The van der Waals surface area contributed by atoms with E-state index >= 15 is 0 Å². The van der Waals surface area contributed by atoms with Gasteiger partial charge in [-0.05, 0) is 35.9 Å². The molecule has 0 fully saturated rings. The quantitative estimate of drug-likeness (QED) is 0.856. The van der Waals surface area contributed by atoms with Crippen molar-refractivity contribution in [2.45, 2.75) is 6.54 Å². The summed E-state index contributed by atoms with van der Waals surface area (Å²) in [5.74, 6) is -0.142. The fraction of sp³-hybridized carbons (Fsp3) is 0.0667. The van der Waals surface area contributed by atoms with Crippen molar-refractivity contribution in [1.82, 2.24) is 5.32 Å². The number of hydrogen-bond acceptors (Lipinski definition) is 2. The molecule has 0 aliphatic carbocycles. The first-order valence-electron chi connectivity index (χ1n) is 5.82. The van der Waals surface area contributed by atoms with Crippen LogP contribution in [-0.4, -0.2) is 5.91 Å². The molecule has 2 aromatic carbocycles. The molecule has 2 aromatic rings. The van der Waals surface area contributed by atoms with Crippen molar-refractivity contribution in [2.75, 3.05) is 0 Å². The minimum atomic E-state index is -0.142. The molecular formula is C15H10Br2N2O. The number of carbonyl (C=O) groups excluding carboxylic acids is 1. The Morgan fingerprint density at radius 2 is 1.70 bits per heavy atom. The molecule has 1 N–H and O–H groups in total. The molecule has 1 amide bonds. The van der Waals surface area contributed by atoms with Crippen molar-refractivity contribution < 1.29 is 4.79 Å². The summed E-state index contributed by atoms with van der Waals surface area (Å²) in [5, 5.41) is 11.6. The zero-order valence-electron chi connectivity index (χ0n) is 10.4. The molecule has 0 heterocycles. The number of carbonyl (C=O) groups is 1. The van der Waals surface area contributed by atoms with Gasteiger partial charge in [0.1, 0.15) is 0 Å². The first kappa shape index (κ1) is 14.8. The van der Waals surface area contributed by atoms with Gasteiger partial charge in [0.15, 0.2) is 0 Å². The number of rotatable bonds is 3. The third kappa shape index (κ3) is 3.92. The smallest absolute Gasteiger partial charge is 0.251 e. The molecule has 0 bridgehead atoms. The average Bonchev–Trinajstić information content (AvgIpc) is 2.44. The van der Waals surface area contributed by atoms with Crippen molar-refractivity contribution in [3.05, 3.63) is 68.1 Å². The van der Waals surface area contributed by atoms with Crippen LogP contribution in [0.1, 0.15) is 21.5 Å². The number of benzene rings is 2. The van der Waals surface area contributed by atoms with Gasteiger partial charge in [0.05, 0.1) is 11.6 Å². The number of nitrogens with zero attached hydrogens (tertiary/aromatic N) is 1. The molecule has 0 aromatic heterocycles. The first-order valence-corrected chi connectivity index (χ1v) is 7.40. The Balaban J connectivity index is 2.02. The van der Waals surface area contributed by atoms with Crippen LogP contribution in [0.15, 0.2) is 51.4 Å². The molecule has 2 rings (SSSR count). The molecule has 5 heteroatoms. The van der Waals surface area contributed by atoms with Gasteiger partial charge >= 0.3 is 0 Å². The van der Waals surface area contributed by atoms with E-state index in [2.05, 4.69) is 43.2 Å². The van der Waals surface area contributed by atoms with Crippen LogP contribution >= 0.6 is 31.9 Å². The topological polar surface area (TPSA) is 52.9 Å². The highest BCUT2D eigenvalue weighted by Gasteiger charge is 2.07. The van der Waals surface area contributed by atoms with Crippen LogP contribution in [-0.2, 0) is 6.54 Å². The summed E-state index contributed by atoms with van der Waals surface area (Å²) in [7, 11) is 0. The Labute approximate surface area is 133 Å². The van der Waals surface area contributed by atoms with Crippen molar-refractivity contribution in [3.63, 3.8) is 0 Å². The summed E-state index contributed by atoms with van der Waals surface area (Å²) < 4.78 is 1.69. The molecular weight excluding hydrogens is 384 g/mol. The van der Waals surface area contributed by atoms with Gasteiger partial charge in [-0.25, -0.2) is 0 Å². The van der Waals surface area contributed by atoms with Crippen LogP contribution < -0.4 is 5.32 Å². The molecule has 0 atom stereocenters. The van der Waals surface area contributed by atoms with Crippen LogP contribution in [0, 0.1) is 11.3 Å². The highest BCUT2D eigenvalue weighted by molar-refractivity contribution is 9.11. The molecule has 0 saturated heterocycles. The Hall–Kier alpha value is -1.64. The third-order valence-corrected chi connectivity index (χ3v) is 3.58.